The first-order chi connectivity index (χ1) is 13.0. The van der Waals surface area contributed by atoms with Gasteiger partial charge in [0.05, 0.1) is 18.3 Å². The molecule has 1 aromatic carbocycles. The molecule has 0 unspecified atom stereocenters. The summed E-state index contributed by atoms with van der Waals surface area (Å²) in [7, 11) is -6.53. The predicted molar refractivity (Wildman–Crippen MR) is 100 cm³/mol. The van der Waals surface area contributed by atoms with Crippen LogP contribution < -0.4 is 5.32 Å². The van der Waals surface area contributed by atoms with E-state index >= 15 is 0 Å². The maximum atomic E-state index is 12.8. The van der Waals surface area contributed by atoms with Crippen molar-refractivity contribution >= 4 is 31.9 Å². The van der Waals surface area contributed by atoms with Gasteiger partial charge in [0.2, 0.25) is 26.0 Å². The second-order valence-corrected chi connectivity index (χ2v) is 10.2. The maximum absolute atomic E-state index is 12.8. The average molecular weight is 434 g/mol. The van der Waals surface area contributed by atoms with Gasteiger partial charge in [-0.05, 0) is 19.1 Å². The fourth-order valence-electron chi connectivity index (χ4n) is 2.86. The molecule has 0 radical (unpaired) electrons. The van der Waals surface area contributed by atoms with Gasteiger partial charge >= 0.3 is 5.97 Å². The zero-order valence-corrected chi connectivity index (χ0v) is 17.4. The van der Waals surface area contributed by atoms with Crippen molar-refractivity contribution in [3.63, 3.8) is 0 Å². The number of hydrogen-bond donors (Lipinski definition) is 1. The number of piperazine rings is 1. The number of carbonyl (C=O) groups is 2. The Morgan fingerprint density at radius 3 is 2.29 bits per heavy atom. The first-order valence-electron chi connectivity index (χ1n) is 8.38. The van der Waals surface area contributed by atoms with Crippen LogP contribution in [-0.4, -0.2) is 82.4 Å². The minimum absolute atomic E-state index is 0.0462. The molecule has 12 heteroatoms. The zero-order valence-electron chi connectivity index (χ0n) is 15.7. The summed E-state index contributed by atoms with van der Waals surface area (Å²) in [6, 6.07) is 5.34. The van der Waals surface area contributed by atoms with Gasteiger partial charge in [-0.2, -0.15) is 8.61 Å². The number of nitrogens with zero attached hydrogens (tertiary/aromatic N) is 2. The normalized spacial score (nSPS) is 20.3. The van der Waals surface area contributed by atoms with Crippen LogP contribution in [0, 0.1) is 0 Å². The summed E-state index contributed by atoms with van der Waals surface area (Å²) >= 11 is 0. The van der Waals surface area contributed by atoms with Gasteiger partial charge in [-0.15, -0.1) is 0 Å². The van der Waals surface area contributed by atoms with Crippen LogP contribution >= 0.6 is 0 Å². The molecule has 2 atom stereocenters. The Balaban J connectivity index is 2.30. The lowest BCUT2D eigenvalue weighted by Gasteiger charge is -2.38. The molecule has 1 aromatic rings. The van der Waals surface area contributed by atoms with E-state index in [1.807, 2.05) is 0 Å². The third kappa shape index (κ3) is 4.87. The molecule has 0 spiro atoms. The van der Waals surface area contributed by atoms with Crippen molar-refractivity contribution < 1.29 is 31.2 Å². The van der Waals surface area contributed by atoms with Crippen LogP contribution in [0.15, 0.2) is 35.2 Å². The van der Waals surface area contributed by atoms with Gasteiger partial charge in [0.1, 0.15) is 12.1 Å². The van der Waals surface area contributed by atoms with E-state index in [0.29, 0.717) is 0 Å². The van der Waals surface area contributed by atoms with E-state index in [9.17, 15) is 26.4 Å². The third-order valence-electron chi connectivity index (χ3n) is 4.32. The largest absolute Gasteiger partial charge is 0.467 e. The number of ether oxygens (including phenoxy) is 1. The molecule has 156 valence electrons. The van der Waals surface area contributed by atoms with Crippen molar-refractivity contribution in [1.29, 1.82) is 0 Å². The lowest BCUT2D eigenvalue weighted by Crippen LogP contribution is -2.62. The standard InChI is InChI=1S/C16H23N3O7S2/c1-12(16(21)26-2)17-15(20)14-11-18(9-10-19(14)27(3,22)23)28(24,25)13-7-5-4-6-8-13/h4-8,12,14H,9-11H2,1-3H3,(H,17,20)/t12-,14+/m1/s1. The minimum atomic E-state index is -3.91. The Kier molecular flexibility index (Phi) is 6.80. The first-order valence-corrected chi connectivity index (χ1v) is 11.7. The van der Waals surface area contributed by atoms with Crippen LogP contribution in [0.25, 0.3) is 0 Å². The van der Waals surface area contributed by atoms with Crippen LogP contribution in [0.4, 0.5) is 0 Å². The lowest BCUT2D eigenvalue weighted by atomic mass is 10.2. The van der Waals surface area contributed by atoms with Crippen LogP contribution in [0.5, 0.6) is 0 Å². The Morgan fingerprint density at radius 2 is 1.75 bits per heavy atom. The molecule has 0 saturated carbocycles. The van der Waals surface area contributed by atoms with Crippen molar-refractivity contribution in [3.8, 4) is 0 Å². The SMILES string of the molecule is COC(=O)[C@@H](C)NC(=O)[C@@H]1CN(S(=O)(=O)c2ccccc2)CCN1S(C)(=O)=O. The third-order valence-corrected chi connectivity index (χ3v) is 7.49. The van der Waals surface area contributed by atoms with E-state index in [1.165, 1.54) is 19.1 Å². The van der Waals surface area contributed by atoms with E-state index in [1.54, 1.807) is 18.2 Å². The zero-order chi connectivity index (χ0) is 21.1. The molecule has 28 heavy (non-hydrogen) atoms. The summed E-state index contributed by atoms with van der Waals surface area (Å²) in [5, 5.41) is 2.37. The van der Waals surface area contributed by atoms with Crippen LogP contribution in [-0.2, 0) is 34.4 Å². The molecule has 1 amide bonds. The molecule has 0 bridgehead atoms. The van der Waals surface area contributed by atoms with Gasteiger partial charge in [0.25, 0.3) is 0 Å². The highest BCUT2D eigenvalue weighted by Crippen LogP contribution is 2.21. The van der Waals surface area contributed by atoms with Crippen molar-refractivity contribution in [1.82, 2.24) is 13.9 Å². The van der Waals surface area contributed by atoms with Gasteiger partial charge < -0.3 is 10.1 Å². The molecule has 2 rings (SSSR count). The van der Waals surface area contributed by atoms with Crippen molar-refractivity contribution in [2.45, 2.75) is 23.9 Å². The highest BCUT2D eigenvalue weighted by Gasteiger charge is 2.42. The van der Waals surface area contributed by atoms with Gasteiger partial charge in [-0.25, -0.2) is 21.6 Å². The Morgan fingerprint density at radius 1 is 1.14 bits per heavy atom. The summed E-state index contributed by atoms with van der Waals surface area (Å²) in [5.41, 5.74) is 0. The van der Waals surface area contributed by atoms with Gasteiger partial charge in [-0.3, -0.25) is 4.79 Å². The molecule has 1 heterocycles. The molecular formula is C16H23N3O7S2. The molecule has 10 nitrogen and oxygen atoms in total. The van der Waals surface area contributed by atoms with Gasteiger partial charge in [0, 0.05) is 19.6 Å². The van der Waals surface area contributed by atoms with E-state index in [4.69, 9.17) is 0 Å². The number of methoxy groups -OCH3 is 1. The van der Waals surface area contributed by atoms with Crippen molar-refractivity contribution in [2.75, 3.05) is 33.0 Å². The smallest absolute Gasteiger partial charge is 0.328 e. The lowest BCUT2D eigenvalue weighted by molar-refractivity contribution is -0.145. The number of rotatable bonds is 6. The number of carbonyl (C=O) groups excluding carboxylic acids is 2. The van der Waals surface area contributed by atoms with E-state index in [-0.39, 0.29) is 24.5 Å². The summed E-state index contributed by atoms with van der Waals surface area (Å²) in [6.45, 7) is 0.732. The average Bonchev–Trinajstić information content (AvgIpc) is 2.66. The quantitative estimate of drug-likeness (QED) is 0.570. The monoisotopic (exact) mass is 433 g/mol. The summed E-state index contributed by atoms with van der Waals surface area (Å²) in [5.74, 6) is -1.49. The molecule has 1 aliphatic rings. The number of amides is 1. The molecule has 0 aromatic heterocycles. The number of benzene rings is 1. The first kappa shape index (κ1) is 22.3. The summed E-state index contributed by atoms with van der Waals surface area (Å²) in [4.78, 5) is 24.2. The van der Waals surface area contributed by atoms with Gasteiger partial charge in [-0.1, -0.05) is 18.2 Å². The van der Waals surface area contributed by atoms with E-state index in [2.05, 4.69) is 10.1 Å². The number of esters is 1. The number of nitrogens with one attached hydrogen (secondary N) is 1. The second kappa shape index (κ2) is 8.55. The Hall–Kier alpha value is -2.02. The molecular weight excluding hydrogens is 410 g/mol. The molecule has 1 fully saturated rings. The van der Waals surface area contributed by atoms with Crippen LogP contribution in [0.1, 0.15) is 6.92 Å². The number of hydrogen-bond acceptors (Lipinski definition) is 7. The summed E-state index contributed by atoms with van der Waals surface area (Å²) in [6.07, 6.45) is 0.943. The van der Waals surface area contributed by atoms with Crippen molar-refractivity contribution in [3.05, 3.63) is 30.3 Å². The fourth-order valence-corrected chi connectivity index (χ4v) is 5.35. The topological polar surface area (TPSA) is 130 Å². The highest BCUT2D eigenvalue weighted by atomic mass is 32.2. The van der Waals surface area contributed by atoms with Crippen LogP contribution in [0.2, 0.25) is 0 Å². The molecule has 0 aliphatic carbocycles. The molecule has 1 saturated heterocycles. The van der Waals surface area contributed by atoms with E-state index < -0.39 is 44.0 Å². The van der Waals surface area contributed by atoms with E-state index in [0.717, 1.165) is 22.0 Å². The van der Waals surface area contributed by atoms with Crippen molar-refractivity contribution in [2.24, 2.45) is 0 Å². The Labute approximate surface area is 164 Å². The minimum Gasteiger partial charge on any atom is -0.467 e. The molecule has 1 aliphatic heterocycles. The number of sulfonamides is 2. The molecule has 1 N–H and O–H groups in total. The maximum Gasteiger partial charge on any atom is 0.328 e. The second-order valence-electron chi connectivity index (χ2n) is 6.32. The predicted octanol–water partition coefficient (Wildman–Crippen LogP) is -1.00. The van der Waals surface area contributed by atoms with Gasteiger partial charge in [0.15, 0.2) is 0 Å². The summed E-state index contributed by atoms with van der Waals surface area (Å²) < 4.78 is 56.4. The Bertz CT molecular complexity index is 932. The van der Waals surface area contributed by atoms with Crippen LogP contribution in [0.3, 0.4) is 0 Å². The highest BCUT2D eigenvalue weighted by molar-refractivity contribution is 7.89. The fraction of sp³-hybridized carbons (Fsp3) is 0.500.